The van der Waals surface area contributed by atoms with Gasteiger partial charge in [0.25, 0.3) is 0 Å². The number of nitrogens with two attached hydrogens (primary N) is 1. The summed E-state index contributed by atoms with van der Waals surface area (Å²) >= 11 is 0. The van der Waals surface area contributed by atoms with E-state index in [1.807, 2.05) is 6.92 Å². The van der Waals surface area contributed by atoms with Crippen molar-refractivity contribution in [1.29, 1.82) is 0 Å². The lowest BCUT2D eigenvalue weighted by molar-refractivity contribution is -0.142. The molecule has 1 heterocycles. The monoisotopic (exact) mass is 268 g/mol. The van der Waals surface area contributed by atoms with Crippen LogP contribution < -0.4 is 5.73 Å². The quantitative estimate of drug-likeness (QED) is 0.794. The molecule has 2 rings (SSSR count). The topological polar surface area (TPSA) is 83.6 Å². The number of carbonyl (C=O) groups is 2. The van der Waals surface area contributed by atoms with E-state index in [9.17, 15) is 14.7 Å². The summed E-state index contributed by atoms with van der Waals surface area (Å²) in [6.07, 6.45) is 5.14. The zero-order valence-corrected chi connectivity index (χ0v) is 11.6. The van der Waals surface area contributed by atoms with Gasteiger partial charge in [-0.3, -0.25) is 9.59 Å². The molecule has 1 aliphatic heterocycles. The summed E-state index contributed by atoms with van der Waals surface area (Å²) in [5.41, 5.74) is 4.52. The van der Waals surface area contributed by atoms with Gasteiger partial charge in [0.15, 0.2) is 0 Å². The second-order valence-electron chi connectivity index (χ2n) is 6.18. The van der Waals surface area contributed by atoms with Gasteiger partial charge in [-0.05, 0) is 32.6 Å². The largest absolute Gasteiger partial charge is 0.389 e. The highest BCUT2D eigenvalue weighted by molar-refractivity contribution is 5.81. The van der Waals surface area contributed by atoms with Crippen molar-refractivity contribution in [3.8, 4) is 0 Å². The van der Waals surface area contributed by atoms with Crippen LogP contribution in [-0.4, -0.2) is 40.0 Å². The molecule has 1 aliphatic carbocycles. The van der Waals surface area contributed by atoms with E-state index in [0.29, 0.717) is 19.4 Å². The number of nitrogens with zero attached hydrogens (tertiary/aromatic N) is 1. The van der Waals surface area contributed by atoms with Crippen molar-refractivity contribution in [2.24, 2.45) is 11.7 Å². The normalized spacial score (nSPS) is 30.3. The lowest BCUT2D eigenvalue weighted by Crippen LogP contribution is -2.50. The molecule has 5 nitrogen and oxygen atoms in total. The smallest absolute Gasteiger partial charge is 0.225 e. The van der Waals surface area contributed by atoms with Crippen molar-refractivity contribution < 1.29 is 14.7 Å². The Bertz CT molecular complexity index is 364. The highest BCUT2D eigenvalue weighted by Crippen LogP contribution is 2.34. The number of hydrogen-bond acceptors (Lipinski definition) is 3. The van der Waals surface area contributed by atoms with Crippen molar-refractivity contribution in [2.75, 3.05) is 6.54 Å². The van der Waals surface area contributed by atoms with Gasteiger partial charge in [-0.15, -0.1) is 0 Å². The summed E-state index contributed by atoms with van der Waals surface area (Å²) in [5.74, 6) is -0.606. The van der Waals surface area contributed by atoms with E-state index in [1.165, 1.54) is 0 Å². The summed E-state index contributed by atoms with van der Waals surface area (Å²) in [5, 5.41) is 10.3. The minimum absolute atomic E-state index is 0.0390. The predicted octanol–water partition coefficient (Wildman–Crippen LogP) is 0.794. The third-order valence-corrected chi connectivity index (χ3v) is 4.62. The fourth-order valence-electron chi connectivity index (χ4n) is 3.28. The first-order chi connectivity index (χ1) is 8.91. The van der Waals surface area contributed by atoms with Crippen LogP contribution in [0.3, 0.4) is 0 Å². The van der Waals surface area contributed by atoms with E-state index in [2.05, 4.69) is 0 Å². The number of aliphatic hydroxyl groups is 1. The van der Waals surface area contributed by atoms with Crippen LogP contribution in [0, 0.1) is 5.92 Å². The van der Waals surface area contributed by atoms with E-state index in [4.69, 9.17) is 5.73 Å². The van der Waals surface area contributed by atoms with E-state index in [-0.39, 0.29) is 30.2 Å². The van der Waals surface area contributed by atoms with Crippen LogP contribution in [0.4, 0.5) is 0 Å². The van der Waals surface area contributed by atoms with Crippen molar-refractivity contribution in [1.82, 2.24) is 4.90 Å². The molecule has 0 bridgehead atoms. The molecule has 3 N–H and O–H groups in total. The van der Waals surface area contributed by atoms with Crippen LogP contribution in [0.15, 0.2) is 0 Å². The molecule has 2 atom stereocenters. The third-order valence-electron chi connectivity index (χ3n) is 4.62. The molecule has 108 valence electrons. The summed E-state index contributed by atoms with van der Waals surface area (Å²) < 4.78 is 0. The number of carbonyl (C=O) groups excluding carboxylic acids is 2. The second-order valence-corrected chi connectivity index (χ2v) is 6.18. The van der Waals surface area contributed by atoms with Crippen molar-refractivity contribution in [3.05, 3.63) is 0 Å². The summed E-state index contributed by atoms with van der Waals surface area (Å²) in [7, 11) is 0. The summed E-state index contributed by atoms with van der Waals surface area (Å²) in [4.78, 5) is 25.4. The van der Waals surface area contributed by atoms with E-state index >= 15 is 0 Å². The summed E-state index contributed by atoms with van der Waals surface area (Å²) in [6, 6.07) is 0.133. The first-order valence-corrected chi connectivity index (χ1v) is 7.22. The Morgan fingerprint density at radius 2 is 1.95 bits per heavy atom. The van der Waals surface area contributed by atoms with E-state index < -0.39 is 5.60 Å². The van der Waals surface area contributed by atoms with Crippen LogP contribution in [0.1, 0.15) is 51.9 Å². The lowest BCUT2D eigenvalue weighted by Gasteiger charge is -2.38. The standard InChI is InChI=1S/C14H24N2O3/c1-10-4-5-11(13(15)18)9-16(10)12(17)8-14(19)6-2-3-7-14/h10-11,19H,2-9H2,1H3,(H2,15,18). The Morgan fingerprint density at radius 1 is 1.32 bits per heavy atom. The lowest BCUT2D eigenvalue weighted by atomic mass is 9.91. The van der Waals surface area contributed by atoms with Gasteiger partial charge in [0.1, 0.15) is 0 Å². The minimum atomic E-state index is -0.823. The molecule has 0 radical (unpaired) electrons. The molecule has 1 saturated heterocycles. The summed E-state index contributed by atoms with van der Waals surface area (Å²) in [6.45, 7) is 2.40. The molecule has 0 aromatic rings. The van der Waals surface area contributed by atoms with Gasteiger partial charge in [-0.25, -0.2) is 0 Å². The molecule has 1 saturated carbocycles. The maximum Gasteiger partial charge on any atom is 0.225 e. The van der Waals surface area contributed by atoms with E-state index in [0.717, 1.165) is 25.7 Å². The molecule has 2 amide bonds. The molecule has 2 aliphatic rings. The van der Waals surface area contributed by atoms with Crippen molar-refractivity contribution in [3.63, 3.8) is 0 Å². The van der Waals surface area contributed by atoms with Gasteiger partial charge in [0, 0.05) is 12.6 Å². The number of hydrogen-bond donors (Lipinski definition) is 2. The number of primary amides is 1. The number of rotatable bonds is 3. The van der Waals surface area contributed by atoms with Crippen molar-refractivity contribution in [2.45, 2.75) is 63.5 Å². The van der Waals surface area contributed by atoms with Crippen LogP contribution in [0.25, 0.3) is 0 Å². The Labute approximate surface area is 114 Å². The third kappa shape index (κ3) is 3.26. The average Bonchev–Trinajstić information content (AvgIpc) is 2.75. The minimum Gasteiger partial charge on any atom is -0.389 e. The van der Waals surface area contributed by atoms with Crippen LogP contribution in [0.5, 0.6) is 0 Å². The van der Waals surface area contributed by atoms with Gasteiger partial charge in [0.05, 0.1) is 17.9 Å². The Kier molecular flexibility index (Phi) is 4.13. The maximum absolute atomic E-state index is 12.4. The number of amides is 2. The van der Waals surface area contributed by atoms with Crippen LogP contribution in [-0.2, 0) is 9.59 Å². The average molecular weight is 268 g/mol. The fourth-order valence-corrected chi connectivity index (χ4v) is 3.28. The van der Waals surface area contributed by atoms with E-state index in [1.54, 1.807) is 4.90 Å². The zero-order chi connectivity index (χ0) is 14.0. The zero-order valence-electron chi connectivity index (χ0n) is 11.6. The van der Waals surface area contributed by atoms with Gasteiger partial charge >= 0.3 is 0 Å². The number of likely N-dealkylation sites (tertiary alicyclic amines) is 1. The molecule has 0 aromatic carbocycles. The van der Waals surface area contributed by atoms with Crippen LogP contribution >= 0.6 is 0 Å². The molecule has 5 heteroatoms. The van der Waals surface area contributed by atoms with Crippen LogP contribution in [0.2, 0.25) is 0 Å². The molecule has 0 spiro atoms. The fraction of sp³-hybridized carbons (Fsp3) is 0.857. The Balaban J connectivity index is 1.98. The predicted molar refractivity (Wildman–Crippen MR) is 71.1 cm³/mol. The maximum atomic E-state index is 12.4. The molecular weight excluding hydrogens is 244 g/mol. The molecule has 19 heavy (non-hydrogen) atoms. The first kappa shape index (κ1) is 14.3. The second kappa shape index (κ2) is 5.49. The molecule has 2 unspecified atom stereocenters. The SMILES string of the molecule is CC1CCC(C(N)=O)CN1C(=O)CC1(O)CCCC1. The molecular formula is C14H24N2O3. The highest BCUT2D eigenvalue weighted by atomic mass is 16.3. The van der Waals surface area contributed by atoms with Gasteiger partial charge in [-0.1, -0.05) is 12.8 Å². The first-order valence-electron chi connectivity index (χ1n) is 7.22. The van der Waals surface area contributed by atoms with Gasteiger partial charge in [-0.2, -0.15) is 0 Å². The molecule has 0 aromatic heterocycles. The van der Waals surface area contributed by atoms with Gasteiger partial charge < -0.3 is 15.7 Å². The Morgan fingerprint density at radius 3 is 2.53 bits per heavy atom. The van der Waals surface area contributed by atoms with Crippen molar-refractivity contribution >= 4 is 11.8 Å². The van der Waals surface area contributed by atoms with Gasteiger partial charge in [0.2, 0.25) is 11.8 Å². The Hall–Kier alpha value is -1.10. The highest BCUT2D eigenvalue weighted by Gasteiger charge is 2.38. The number of piperidine rings is 1. The molecule has 2 fully saturated rings.